The molecule has 0 saturated carbocycles. The van der Waals surface area contributed by atoms with E-state index in [4.69, 9.17) is 19.9 Å². The highest BCUT2D eigenvalue weighted by Crippen LogP contribution is 2.39. The number of hydrogen-bond acceptors (Lipinski definition) is 4. The molecular weight excluding hydrogens is 395 g/mol. The Morgan fingerprint density at radius 3 is 2.23 bits per heavy atom. The third kappa shape index (κ3) is 3.57. The molecule has 0 aromatic heterocycles. The monoisotopic (exact) mass is 415 g/mol. The van der Waals surface area contributed by atoms with Crippen molar-refractivity contribution in [2.24, 2.45) is 5.73 Å². The minimum Gasteiger partial charge on any atom is -0.493 e. The normalized spacial score (nSPS) is 17.8. The number of ether oxygens (including phenoxy) is 3. The smallest absolute Gasteiger partial charge is 0.161 e. The van der Waals surface area contributed by atoms with E-state index in [1.807, 2.05) is 30.3 Å². The maximum atomic E-state index is 14.2. The van der Waals surface area contributed by atoms with Gasteiger partial charge in [-0.15, -0.1) is 0 Å². The molecule has 1 aliphatic heterocycles. The van der Waals surface area contributed by atoms with Crippen molar-refractivity contribution in [3.8, 4) is 28.4 Å². The van der Waals surface area contributed by atoms with E-state index in [0.717, 1.165) is 22.8 Å². The topological polar surface area (TPSA) is 53.7 Å². The van der Waals surface area contributed by atoms with Crippen molar-refractivity contribution in [3.05, 3.63) is 77.1 Å². The Morgan fingerprint density at radius 1 is 0.833 bits per heavy atom. The SMILES string of the molecule is COc1ccc(-c2ccc3c(c2)CC(N)C(c2cc(F)c(F)cc2F)O3)cc1OC. The molecule has 0 spiro atoms. The summed E-state index contributed by atoms with van der Waals surface area (Å²) in [4.78, 5) is 0. The van der Waals surface area contributed by atoms with E-state index in [-0.39, 0.29) is 5.56 Å². The minimum absolute atomic E-state index is 0.101. The first-order valence-electron chi connectivity index (χ1n) is 9.33. The molecule has 0 radical (unpaired) electrons. The summed E-state index contributed by atoms with van der Waals surface area (Å²) in [5, 5.41) is 0. The third-order valence-corrected chi connectivity index (χ3v) is 5.22. The van der Waals surface area contributed by atoms with E-state index in [9.17, 15) is 13.2 Å². The first kappa shape index (κ1) is 20.1. The molecule has 2 atom stereocenters. The van der Waals surface area contributed by atoms with Gasteiger partial charge in [0.25, 0.3) is 0 Å². The molecule has 4 rings (SSSR count). The molecule has 3 aromatic carbocycles. The number of methoxy groups -OCH3 is 2. The van der Waals surface area contributed by atoms with Gasteiger partial charge in [-0.2, -0.15) is 0 Å². The van der Waals surface area contributed by atoms with Crippen LogP contribution < -0.4 is 19.9 Å². The summed E-state index contributed by atoms with van der Waals surface area (Å²) >= 11 is 0. The molecule has 0 saturated heterocycles. The summed E-state index contributed by atoms with van der Waals surface area (Å²) in [5.74, 6) is -1.53. The number of halogens is 3. The van der Waals surface area contributed by atoms with Gasteiger partial charge in [0.2, 0.25) is 0 Å². The van der Waals surface area contributed by atoms with Crippen molar-refractivity contribution < 1.29 is 27.4 Å². The fourth-order valence-corrected chi connectivity index (χ4v) is 3.68. The van der Waals surface area contributed by atoms with Crippen molar-refractivity contribution in [3.63, 3.8) is 0 Å². The molecule has 0 fully saturated rings. The Kier molecular flexibility index (Phi) is 5.30. The second-order valence-corrected chi connectivity index (χ2v) is 7.09. The lowest BCUT2D eigenvalue weighted by Gasteiger charge is -2.32. The average molecular weight is 415 g/mol. The van der Waals surface area contributed by atoms with E-state index in [0.29, 0.717) is 29.7 Å². The Balaban J connectivity index is 1.66. The average Bonchev–Trinajstić information content (AvgIpc) is 2.75. The highest BCUT2D eigenvalue weighted by atomic mass is 19.2. The van der Waals surface area contributed by atoms with Gasteiger partial charge in [0.05, 0.1) is 20.3 Å². The van der Waals surface area contributed by atoms with Crippen LogP contribution in [0.3, 0.4) is 0 Å². The van der Waals surface area contributed by atoms with E-state index in [2.05, 4.69) is 0 Å². The van der Waals surface area contributed by atoms with Crippen LogP contribution in [0.25, 0.3) is 11.1 Å². The lowest BCUT2D eigenvalue weighted by Crippen LogP contribution is -2.38. The molecular formula is C23H20F3NO3. The number of benzene rings is 3. The lowest BCUT2D eigenvalue weighted by molar-refractivity contribution is 0.148. The van der Waals surface area contributed by atoms with Crippen LogP contribution in [0, 0.1) is 17.5 Å². The Labute approximate surface area is 172 Å². The number of nitrogens with two attached hydrogens (primary N) is 1. The Hall–Kier alpha value is -3.19. The summed E-state index contributed by atoms with van der Waals surface area (Å²) < 4.78 is 57.6. The van der Waals surface area contributed by atoms with Gasteiger partial charge in [0.1, 0.15) is 17.7 Å². The predicted molar refractivity (Wildman–Crippen MR) is 106 cm³/mol. The summed E-state index contributed by atoms with van der Waals surface area (Å²) in [6, 6.07) is 11.8. The van der Waals surface area contributed by atoms with Gasteiger partial charge in [0, 0.05) is 11.6 Å². The van der Waals surface area contributed by atoms with Crippen molar-refractivity contribution in [1.82, 2.24) is 0 Å². The molecule has 4 nitrogen and oxygen atoms in total. The molecule has 2 unspecified atom stereocenters. The molecule has 1 heterocycles. The first-order chi connectivity index (χ1) is 14.4. The van der Waals surface area contributed by atoms with Gasteiger partial charge in [-0.05, 0) is 53.4 Å². The second-order valence-electron chi connectivity index (χ2n) is 7.09. The van der Waals surface area contributed by atoms with Crippen LogP contribution in [0.5, 0.6) is 17.2 Å². The summed E-state index contributed by atoms with van der Waals surface area (Å²) in [6.07, 6.45) is -0.529. The quantitative estimate of drug-likeness (QED) is 0.623. The third-order valence-electron chi connectivity index (χ3n) is 5.22. The van der Waals surface area contributed by atoms with Crippen molar-refractivity contribution in [1.29, 1.82) is 0 Å². The molecule has 0 amide bonds. The lowest BCUT2D eigenvalue weighted by atomic mass is 9.91. The summed E-state index contributed by atoms with van der Waals surface area (Å²) in [6.45, 7) is 0. The molecule has 30 heavy (non-hydrogen) atoms. The summed E-state index contributed by atoms with van der Waals surface area (Å²) in [7, 11) is 3.14. The molecule has 0 bridgehead atoms. The number of fused-ring (bicyclic) bond motifs is 1. The zero-order chi connectivity index (χ0) is 21.4. The zero-order valence-electron chi connectivity index (χ0n) is 16.4. The molecule has 1 aliphatic rings. The van der Waals surface area contributed by atoms with Crippen LogP contribution in [0.2, 0.25) is 0 Å². The van der Waals surface area contributed by atoms with Crippen LogP contribution in [0.4, 0.5) is 13.2 Å². The summed E-state index contributed by atoms with van der Waals surface area (Å²) in [5.41, 5.74) is 8.79. The van der Waals surface area contributed by atoms with Gasteiger partial charge >= 0.3 is 0 Å². The Morgan fingerprint density at radius 2 is 1.50 bits per heavy atom. The van der Waals surface area contributed by atoms with Gasteiger partial charge < -0.3 is 19.9 Å². The van der Waals surface area contributed by atoms with Crippen LogP contribution in [-0.4, -0.2) is 20.3 Å². The van der Waals surface area contributed by atoms with Gasteiger partial charge in [0.15, 0.2) is 23.1 Å². The number of rotatable bonds is 4. The Bertz CT molecular complexity index is 1100. The van der Waals surface area contributed by atoms with Crippen molar-refractivity contribution >= 4 is 0 Å². The predicted octanol–water partition coefficient (Wildman–Crippen LogP) is 4.79. The molecule has 156 valence electrons. The van der Waals surface area contributed by atoms with Gasteiger partial charge in [-0.3, -0.25) is 0 Å². The van der Waals surface area contributed by atoms with Crippen LogP contribution >= 0.6 is 0 Å². The van der Waals surface area contributed by atoms with E-state index < -0.39 is 29.6 Å². The minimum atomic E-state index is -1.25. The maximum absolute atomic E-state index is 14.2. The molecule has 2 N–H and O–H groups in total. The highest BCUT2D eigenvalue weighted by Gasteiger charge is 2.32. The van der Waals surface area contributed by atoms with Crippen LogP contribution in [-0.2, 0) is 6.42 Å². The molecule has 3 aromatic rings. The van der Waals surface area contributed by atoms with Gasteiger partial charge in [-0.1, -0.05) is 12.1 Å². The fourth-order valence-electron chi connectivity index (χ4n) is 3.68. The molecule has 0 aliphatic carbocycles. The van der Waals surface area contributed by atoms with E-state index in [1.165, 1.54) is 0 Å². The van der Waals surface area contributed by atoms with Crippen LogP contribution in [0.1, 0.15) is 17.2 Å². The van der Waals surface area contributed by atoms with E-state index in [1.54, 1.807) is 20.3 Å². The number of hydrogen-bond donors (Lipinski definition) is 1. The highest BCUT2D eigenvalue weighted by molar-refractivity contribution is 5.69. The molecule has 7 heteroatoms. The van der Waals surface area contributed by atoms with Crippen LogP contribution in [0.15, 0.2) is 48.5 Å². The first-order valence-corrected chi connectivity index (χ1v) is 9.33. The largest absolute Gasteiger partial charge is 0.493 e. The second kappa shape index (κ2) is 7.91. The van der Waals surface area contributed by atoms with E-state index >= 15 is 0 Å². The van der Waals surface area contributed by atoms with Crippen molar-refractivity contribution in [2.45, 2.75) is 18.6 Å². The van der Waals surface area contributed by atoms with Crippen molar-refractivity contribution in [2.75, 3.05) is 14.2 Å². The zero-order valence-corrected chi connectivity index (χ0v) is 16.4. The van der Waals surface area contributed by atoms with Gasteiger partial charge in [-0.25, -0.2) is 13.2 Å². The standard InChI is InChI=1S/C23H20F3NO3/c1-28-21-6-4-13(9-22(21)29-2)12-3-5-20-14(7-12)8-19(27)23(30-20)15-10-17(25)18(26)11-16(15)24/h3-7,9-11,19,23H,8,27H2,1-2H3. The fraction of sp³-hybridized carbons (Fsp3) is 0.217. The maximum Gasteiger partial charge on any atom is 0.161 e.